The summed E-state index contributed by atoms with van der Waals surface area (Å²) >= 11 is 0. The van der Waals surface area contributed by atoms with Crippen LogP contribution >= 0.6 is 0 Å². The fourth-order valence-electron chi connectivity index (χ4n) is 3.52. The SMILES string of the molecule is Cc1ccc(S(=O)(=O)OCCC2(Cc3ccc(C(F)(F)F)cc3)CNC(=O)N2C)cc1. The molecule has 6 nitrogen and oxygen atoms in total. The van der Waals surface area contributed by atoms with Gasteiger partial charge in [-0.15, -0.1) is 0 Å². The summed E-state index contributed by atoms with van der Waals surface area (Å²) in [6, 6.07) is 10.6. The molecule has 10 heteroatoms. The van der Waals surface area contributed by atoms with Crippen LogP contribution in [-0.4, -0.2) is 45.1 Å². The molecule has 1 heterocycles. The van der Waals surface area contributed by atoms with Crippen LogP contribution in [0, 0.1) is 6.92 Å². The molecule has 1 saturated heterocycles. The molecule has 1 aliphatic heterocycles. The first-order valence-electron chi connectivity index (χ1n) is 9.57. The van der Waals surface area contributed by atoms with Crippen LogP contribution < -0.4 is 5.32 Å². The van der Waals surface area contributed by atoms with Crippen LogP contribution in [0.3, 0.4) is 0 Å². The van der Waals surface area contributed by atoms with Crippen LogP contribution in [0.25, 0.3) is 0 Å². The highest BCUT2D eigenvalue weighted by atomic mass is 32.2. The Morgan fingerprint density at radius 1 is 1.10 bits per heavy atom. The van der Waals surface area contributed by atoms with Crippen molar-refractivity contribution in [2.45, 2.75) is 36.4 Å². The third-order valence-corrected chi connectivity index (χ3v) is 6.84. The van der Waals surface area contributed by atoms with Crippen molar-refractivity contribution in [3.8, 4) is 0 Å². The van der Waals surface area contributed by atoms with Crippen molar-refractivity contribution in [3.63, 3.8) is 0 Å². The molecule has 2 amide bonds. The number of likely N-dealkylation sites (N-methyl/N-ethyl adjacent to an activating group) is 1. The number of urea groups is 1. The first-order chi connectivity index (χ1) is 14.4. The Labute approximate surface area is 179 Å². The molecule has 1 atom stereocenters. The van der Waals surface area contributed by atoms with Gasteiger partial charge in [0.1, 0.15) is 0 Å². The van der Waals surface area contributed by atoms with Crippen LogP contribution in [0.5, 0.6) is 0 Å². The average molecular weight is 456 g/mol. The summed E-state index contributed by atoms with van der Waals surface area (Å²) in [6.45, 7) is 1.87. The van der Waals surface area contributed by atoms with Crippen LogP contribution in [0.1, 0.15) is 23.1 Å². The van der Waals surface area contributed by atoms with E-state index in [1.807, 2.05) is 6.92 Å². The lowest BCUT2D eigenvalue weighted by Crippen LogP contribution is -2.47. The van der Waals surface area contributed by atoms with Crippen molar-refractivity contribution in [2.75, 3.05) is 20.2 Å². The molecule has 0 saturated carbocycles. The maximum absolute atomic E-state index is 12.8. The summed E-state index contributed by atoms with van der Waals surface area (Å²) in [5.74, 6) is 0. The molecule has 1 unspecified atom stereocenters. The zero-order chi connectivity index (χ0) is 22.9. The smallest absolute Gasteiger partial charge is 0.336 e. The molecule has 0 spiro atoms. The predicted octanol–water partition coefficient (Wildman–Crippen LogP) is 3.75. The number of alkyl halides is 3. The maximum Gasteiger partial charge on any atom is 0.416 e. The summed E-state index contributed by atoms with van der Waals surface area (Å²) in [5, 5.41) is 2.70. The molecule has 31 heavy (non-hydrogen) atoms. The topological polar surface area (TPSA) is 75.7 Å². The van der Waals surface area contributed by atoms with E-state index in [-0.39, 0.29) is 36.9 Å². The summed E-state index contributed by atoms with van der Waals surface area (Å²) < 4.78 is 68.5. The number of benzene rings is 2. The number of nitrogens with one attached hydrogen (secondary N) is 1. The van der Waals surface area contributed by atoms with Gasteiger partial charge in [-0.3, -0.25) is 4.18 Å². The van der Waals surface area contributed by atoms with Crippen LogP contribution in [0.4, 0.5) is 18.0 Å². The van der Waals surface area contributed by atoms with Gasteiger partial charge in [0.2, 0.25) is 0 Å². The minimum absolute atomic E-state index is 0.0314. The Bertz CT molecular complexity index is 1040. The van der Waals surface area contributed by atoms with Gasteiger partial charge in [0, 0.05) is 13.6 Å². The second-order valence-electron chi connectivity index (χ2n) is 7.65. The summed E-state index contributed by atoms with van der Waals surface area (Å²) in [5.41, 5.74) is -0.0873. The van der Waals surface area contributed by atoms with Crippen molar-refractivity contribution < 1.29 is 30.6 Å². The molecular formula is C21H23F3N2O4S. The summed E-state index contributed by atoms with van der Waals surface area (Å²) in [7, 11) is -2.40. The molecular weight excluding hydrogens is 433 g/mol. The van der Waals surface area contributed by atoms with Crippen LogP contribution in [-0.2, 0) is 26.9 Å². The van der Waals surface area contributed by atoms with Crippen molar-refractivity contribution in [1.82, 2.24) is 10.2 Å². The molecule has 1 aliphatic rings. The fraction of sp³-hybridized carbons (Fsp3) is 0.381. The number of halogens is 3. The number of nitrogens with zero attached hydrogens (tertiary/aromatic N) is 1. The molecule has 3 rings (SSSR count). The number of amides is 2. The first kappa shape index (κ1) is 23.1. The van der Waals surface area contributed by atoms with Gasteiger partial charge in [-0.25, -0.2) is 4.79 Å². The van der Waals surface area contributed by atoms with E-state index in [9.17, 15) is 26.4 Å². The van der Waals surface area contributed by atoms with E-state index < -0.39 is 27.4 Å². The number of aryl methyl sites for hydroxylation is 1. The quantitative estimate of drug-likeness (QED) is 0.644. The lowest BCUT2D eigenvalue weighted by atomic mass is 9.87. The molecule has 1 fully saturated rings. The molecule has 1 N–H and O–H groups in total. The molecule has 168 valence electrons. The summed E-state index contributed by atoms with van der Waals surface area (Å²) in [4.78, 5) is 13.6. The third-order valence-electron chi connectivity index (χ3n) is 5.51. The fourth-order valence-corrected chi connectivity index (χ4v) is 4.43. The number of hydrogen-bond acceptors (Lipinski definition) is 4. The molecule has 0 aliphatic carbocycles. The molecule has 0 bridgehead atoms. The van der Waals surface area contributed by atoms with E-state index in [1.54, 1.807) is 19.2 Å². The third kappa shape index (κ3) is 5.19. The van der Waals surface area contributed by atoms with Crippen LogP contribution in [0.2, 0.25) is 0 Å². The zero-order valence-electron chi connectivity index (χ0n) is 17.1. The van der Waals surface area contributed by atoms with E-state index in [2.05, 4.69) is 5.32 Å². The van der Waals surface area contributed by atoms with Gasteiger partial charge in [0.05, 0.1) is 22.6 Å². The van der Waals surface area contributed by atoms with Gasteiger partial charge in [0.15, 0.2) is 0 Å². The first-order valence-corrected chi connectivity index (χ1v) is 11.0. The number of hydrogen-bond donors (Lipinski definition) is 1. The molecule has 2 aromatic carbocycles. The minimum Gasteiger partial charge on any atom is -0.336 e. The molecule has 0 radical (unpaired) electrons. The Hall–Kier alpha value is -2.59. The van der Waals surface area contributed by atoms with Crippen molar-refractivity contribution in [2.24, 2.45) is 0 Å². The second kappa shape index (κ2) is 8.51. The predicted molar refractivity (Wildman–Crippen MR) is 108 cm³/mol. The summed E-state index contributed by atoms with van der Waals surface area (Å²) in [6.07, 6.45) is -4.02. The highest BCUT2D eigenvalue weighted by molar-refractivity contribution is 7.86. The van der Waals surface area contributed by atoms with Gasteiger partial charge in [-0.1, -0.05) is 29.8 Å². The number of carbonyl (C=O) groups excluding carboxylic acids is 1. The van der Waals surface area contributed by atoms with E-state index in [1.165, 1.54) is 29.2 Å². The highest BCUT2D eigenvalue weighted by Crippen LogP contribution is 2.32. The Kier molecular flexibility index (Phi) is 6.33. The lowest BCUT2D eigenvalue weighted by Gasteiger charge is -2.35. The van der Waals surface area contributed by atoms with E-state index in [0.717, 1.165) is 17.7 Å². The van der Waals surface area contributed by atoms with E-state index in [0.29, 0.717) is 5.56 Å². The minimum atomic E-state index is -4.43. The standard InChI is InChI=1S/C21H23F3N2O4S/c1-15-3-9-18(10-4-15)31(28,29)30-12-11-20(14-25-19(27)26(20)2)13-16-5-7-17(8-6-16)21(22,23)24/h3-10H,11-14H2,1-2H3,(H,25,27). The van der Waals surface area contributed by atoms with Crippen molar-refractivity contribution in [1.29, 1.82) is 0 Å². The average Bonchev–Trinajstić information content (AvgIpc) is 2.97. The molecule has 0 aromatic heterocycles. The lowest BCUT2D eigenvalue weighted by molar-refractivity contribution is -0.137. The van der Waals surface area contributed by atoms with Gasteiger partial charge >= 0.3 is 12.2 Å². The molecule has 2 aromatic rings. The van der Waals surface area contributed by atoms with Gasteiger partial charge < -0.3 is 10.2 Å². The highest BCUT2D eigenvalue weighted by Gasteiger charge is 2.43. The Morgan fingerprint density at radius 2 is 1.71 bits per heavy atom. The van der Waals surface area contributed by atoms with Gasteiger partial charge in [-0.05, 0) is 49.6 Å². The maximum atomic E-state index is 12.8. The van der Waals surface area contributed by atoms with E-state index in [4.69, 9.17) is 4.18 Å². The Morgan fingerprint density at radius 3 is 2.23 bits per heavy atom. The second-order valence-corrected chi connectivity index (χ2v) is 9.27. The normalized spacial score (nSPS) is 19.5. The van der Waals surface area contributed by atoms with Crippen molar-refractivity contribution >= 4 is 16.1 Å². The van der Waals surface area contributed by atoms with Crippen LogP contribution in [0.15, 0.2) is 53.4 Å². The van der Waals surface area contributed by atoms with Gasteiger partial charge in [-0.2, -0.15) is 21.6 Å². The zero-order valence-corrected chi connectivity index (χ0v) is 17.9. The van der Waals surface area contributed by atoms with E-state index >= 15 is 0 Å². The Balaban J connectivity index is 1.74. The van der Waals surface area contributed by atoms with Crippen molar-refractivity contribution in [3.05, 3.63) is 65.2 Å². The van der Waals surface area contributed by atoms with Gasteiger partial charge in [0.25, 0.3) is 10.1 Å². The largest absolute Gasteiger partial charge is 0.416 e. The number of carbonyl (C=O) groups is 1. The number of rotatable bonds is 7. The monoisotopic (exact) mass is 456 g/mol.